The van der Waals surface area contributed by atoms with Gasteiger partial charge >= 0.3 is 11.9 Å². The maximum atomic E-state index is 12.6. The number of piperidine rings is 1. The van der Waals surface area contributed by atoms with Gasteiger partial charge in [0.1, 0.15) is 0 Å². The third-order valence-electron chi connectivity index (χ3n) is 3.22. The van der Waals surface area contributed by atoms with Crippen molar-refractivity contribution in [3.63, 3.8) is 0 Å². The zero-order valence-corrected chi connectivity index (χ0v) is 12.8. The van der Waals surface area contributed by atoms with Gasteiger partial charge in [0.25, 0.3) is 10.0 Å². The van der Waals surface area contributed by atoms with Crippen molar-refractivity contribution in [3.05, 3.63) is 11.2 Å². The van der Waals surface area contributed by atoms with Crippen molar-refractivity contribution in [1.82, 2.24) is 9.29 Å². The molecule has 21 heavy (non-hydrogen) atoms. The molecule has 116 valence electrons. The molecule has 2 heterocycles. The average Bonchev–Trinajstić information content (AvgIpc) is 2.96. The van der Waals surface area contributed by atoms with Crippen LogP contribution < -0.4 is 0 Å². The maximum Gasteiger partial charge on any atom is 0.358 e. The van der Waals surface area contributed by atoms with Crippen molar-refractivity contribution in [2.24, 2.45) is 5.92 Å². The van der Waals surface area contributed by atoms with Gasteiger partial charge in [-0.05, 0) is 12.8 Å². The van der Waals surface area contributed by atoms with Gasteiger partial charge in [0.15, 0.2) is 9.90 Å². The first-order valence-corrected chi connectivity index (χ1v) is 8.44. The second-order valence-electron chi connectivity index (χ2n) is 4.52. The highest BCUT2D eigenvalue weighted by molar-refractivity contribution is 7.91. The zero-order valence-electron chi connectivity index (χ0n) is 11.2. The predicted molar refractivity (Wildman–Crippen MR) is 72.6 cm³/mol. The number of carbonyl (C=O) groups excluding carboxylic acids is 1. The van der Waals surface area contributed by atoms with Crippen LogP contribution in [0.25, 0.3) is 0 Å². The summed E-state index contributed by atoms with van der Waals surface area (Å²) in [5.41, 5.74) is 0.984. The number of carboxylic acid groups (broad SMARTS) is 1. The van der Waals surface area contributed by atoms with Crippen LogP contribution in [0.15, 0.2) is 9.72 Å². The molecule has 0 radical (unpaired) electrons. The number of aromatic nitrogens is 1. The van der Waals surface area contributed by atoms with Crippen molar-refractivity contribution >= 4 is 33.3 Å². The van der Waals surface area contributed by atoms with E-state index in [1.54, 1.807) is 0 Å². The highest BCUT2D eigenvalue weighted by Gasteiger charge is 2.36. The molecule has 2 rings (SSSR count). The Morgan fingerprint density at radius 3 is 2.86 bits per heavy atom. The Bertz CT molecular complexity index is 653. The fourth-order valence-electron chi connectivity index (χ4n) is 2.13. The molecule has 1 saturated heterocycles. The van der Waals surface area contributed by atoms with E-state index in [9.17, 15) is 18.0 Å². The van der Waals surface area contributed by atoms with E-state index >= 15 is 0 Å². The van der Waals surface area contributed by atoms with Crippen molar-refractivity contribution < 1.29 is 27.9 Å². The van der Waals surface area contributed by atoms with Gasteiger partial charge in [0.05, 0.1) is 18.5 Å². The monoisotopic (exact) mass is 334 g/mol. The summed E-state index contributed by atoms with van der Waals surface area (Å²) in [6, 6.07) is 0. The Labute approximate surface area is 125 Å². The van der Waals surface area contributed by atoms with Gasteiger partial charge in [-0.1, -0.05) is 0 Å². The Kier molecular flexibility index (Phi) is 4.59. The lowest BCUT2D eigenvalue weighted by molar-refractivity contribution is -0.142. The van der Waals surface area contributed by atoms with Crippen LogP contribution in [0.5, 0.6) is 0 Å². The largest absolute Gasteiger partial charge is 0.481 e. The van der Waals surface area contributed by atoms with Gasteiger partial charge in [-0.3, -0.25) is 4.79 Å². The third-order valence-corrected chi connectivity index (χ3v) is 6.43. The highest BCUT2D eigenvalue weighted by Crippen LogP contribution is 2.28. The molecular formula is C11H14N2O6S2. The van der Waals surface area contributed by atoms with E-state index in [2.05, 4.69) is 9.72 Å². The van der Waals surface area contributed by atoms with E-state index in [0.29, 0.717) is 12.8 Å². The lowest BCUT2D eigenvalue weighted by Crippen LogP contribution is -2.42. The summed E-state index contributed by atoms with van der Waals surface area (Å²) < 4.78 is 30.5. The first kappa shape index (κ1) is 15.9. The summed E-state index contributed by atoms with van der Waals surface area (Å²) >= 11 is 0.814. The number of hydrogen-bond donors (Lipinski definition) is 1. The molecule has 1 aliphatic rings. The molecule has 10 heteroatoms. The molecule has 1 aromatic rings. The van der Waals surface area contributed by atoms with E-state index in [4.69, 9.17) is 5.11 Å². The van der Waals surface area contributed by atoms with Crippen LogP contribution in [0.3, 0.4) is 0 Å². The van der Waals surface area contributed by atoms with Gasteiger partial charge in [-0.25, -0.2) is 18.2 Å². The molecule has 1 fully saturated rings. The maximum absolute atomic E-state index is 12.6. The number of sulfonamides is 1. The minimum atomic E-state index is -3.95. The number of esters is 1. The molecule has 1 aromatic heterocycles. The van der Waals surface area contributed by atoms with Crippen LogP contribution in [0.4, 0.5) is 0 Å². The molecule has 1 aliphatic heterocycles. The van der Waals surface area contributed by atoms with Crippen molar-refractivity contribution in [3.8, 4) is 0 Å². The first-order valence-electron chi connectivity index (χ1n) is 6.12. The summed E-state index contributed by atoms with van der Waals surface area (Å²) in [6.07, 6.45) is 0.899. The fraction of sp³-hybridized carbons (Fsp3) is 0.545. The van der Waals surface area contributed by atoms with Crippen LogP contribution in [-0.4, -0.2) is 55.0 Å². The number of hydrogen-bond acceptors (Lipinski definition) is 7. The van der Waals surface area contributed by atoms with Gasteiger partial charge in [0, 0.05) is 13.1 Å². The number of nitrogens with zero attached hydrogens (tertiary/aromatic N) is 2. The molecule has 0 amide bonds. The minimum Gasteiger partial charge on any atom is -0.481 e. The quantitative estimate of drug-likeness (QED) is 0.793. The van der Waals surface area contributed by atoms with Gasteiger partial charge in [-0.2, -0.15) is 4.31 Å². The third kappa shape index (κ3) is 3.06. The molecular weight excluding hydrogens is 320 g/mol. The minimum absolute atomic E-state index is 0.101. The topological polar surface area (TPSA) is 114 Å². The summed E-state index contributed by atoms with van der Waals surface area (Å²) in [4.78, 5) is 26.3. The Morgan fingerprint density at radius 2 is 2.24 bits per heavy atom. The highest BCUT2D eigenvalue weighted by atomic mass is 32.2. The van der Waals surface area contributed by atoms with Crippen molar-refractivity contribution in [1.29, 1.82) is 0 Å². The fourth-order valence-corrected chi connectivity index (χ4v) is 4.92. The Morgan fingerprint density at radius 1 is 1.52 bits per heavy atom. The number of aliphatic carboxylic acids is 1. The normalized spacial score (nSPS) is 20.1. The molecule has 0 saturated carbocycles. The SMILES string of the molecule is COC(=O)c1ncsc1S(=O)(=O)N1CCCC(C(=O)O)C1. The van der Waals surface area contributed by atoms with Crippen LogP contribution in [0.2, 0.25) is 0 Å². The van der Waals surface area contributed by atoms with Crippen LogP contribution in [-0.2, 0) is 19.6 Å². The number of methoxy groups -OCH3 is 1. The van der Waals surface area contributed by atoms with Crippen LogP contribution >= 0.6 is 11.3 Å². The van der Waals surface area contributed by atoms with E-state index < -0.39 is 27.9 Å². The lowest BCUT2D eigenvalue weighted by Gasteiger charge is -2.29. The summed E-state index contributed by atoms with van der Waals surface area (Å²) in [5, 5.41) is 9.03. The summed E-state index contributed by atoms with van der Waals surface area (Å²) in [7, 11) is -2.81. The second-order valence-corrected chi connectivity index (χ2v) is 7.51. The van der Waals surface area contributed by atoms with Gasteiger partial charge < -0.3 is 9.84 Å². The summed E-state index contributed by atoms with van der Waals surface area (Å²) in [6.45, 7) is 0.126. The van der Waals surface area contributed by atoms with Crippen LogP contribution in [0.1, 0.15) is 23.3 Å². The van der Waals surface area contributed by atoms with E-state index in [0.717, 1.165) is 22.8 Å². The standard InChI is InChI=1S/C11H14N2O6S2/c1-19-10(16)8-11(20-6-12-8)21(17,18)13-4-2-3-7(5-13)9(14)15/h6-7H,2-5H2,1H3,(H,14,15). The molecule has 0 bridgehead atoms. The smallest absolute Gasteiger partial charge is 0.358 e. The number of carbonyl (C=O) groups is 2. The Hall–Kier alpha value is -1.52. The summed E-state index contributed by atoms with van der Waals surface area (Å²) in [5.74, 6) is -2.59. The first-order chi connectivity index (χ1) is 9.87. The van der Waals surface area contributed by atoms with Gasteiger partial charge in [-0.15, -0.1) is 11.3 Å². The van der Waals surface area contributed by atoms with E-state index in [1.165, 1.54) is 5.51 Å². The number of rotatable bonds is 4. The lowest BCUT2D eigenvalue weighted by atomic mass is 10.0. The average molecular weight is 334 g/mol. The molecule has 0 aromatic carbocycles. The van der Waals surface area contributed by atoms with Crippen molar-refractivity contribution in [2.75, 3.05) is 20.2 Å². The van der Waals surface area contributed by atoms with Crippen LogP contribution in [0, 0.1) is 5.92 Å². The molecule has 0 spiro atoms. The predicted octanol–water partition coefficient (Wildman–Crippen LogP) is 0.415. The number of carboxylic acids is 1. The molecule has 1 unspecified atom stereocenters. The molecule has 0 aliphatic carbocycles. The zero-order chi connectivity index (χ0) is 15.6. The molecule has 1 atom stereocenters. The second kappa shape index (κ2) is 6.08. The van der Waals surface area contributed by atoms with E-state index in [1.807, 2.05) is 0 Å². The molecule has 1 N–H and O–H groups in total. The Balaban J connectivity index is 2.32. The van der Waals surface area contributed by atoms with E-state index in [-0.39, 0.29) is 23.0 Å². The molecule has 8 nitrogen and oxygen atoms in total. The van der Waals surface area contributed by atoms with Gasteiger partial charge in [0.2, 0.25) is 0 Å². The number of ether oxygens (including phenoxy) is 1. The van der Waals surface area contributed by atoms with Crippen molar-refractivity contribution in [2.45, 2.75) is 17.1 Å². The number of thiazole rings is 1.